The molecule has 2 aliphatic rings. The molecule has 1 aliphatic carbocycles. The highest BCUT2D eigenvalue weighted by Gasteiger charge is 2.52. The fourth-order valence-electron chi connectivity index (χ4n) is 4.68. The largest absolute Gasteiger partial charge is 0.389 e. The van der Waals surface area contributed by atoms with Gasteiger partial charge in [0.15, 0.2) is 5.72 Å². The molecule has 168 valence electrons. The normalized spacial score (nSPS) is 23.8. The van der Waals surface area contributed by atoms with Crippen LogP contribution >= 0.6 is 23.2 Å². The zero-order valence-electron chi connectivity index (χ0n) is 17.8. The second-order valence-corrected chi connectivity index (χ2v) is 9.35. The van der Waals surface area contributed by atoms with E-state index in [0.29, 0.717) is 35.2 Å². The Morgan fingerprint density at radius 2 is 1.61 bits per heavy atom. The van der Waals surface area contributed by atoms with Crippen molar-refractivity contribution in [1.29, 1.82) is 0 Å². The number of amides is 1. The van der Waals surface area contributed by atoms with Crippen LogP contribution in [0.2, 0.25) is 10.0 Å². The third-order valence-corrected chi connectivity index (χ3v) is 6.80. The van der Waals surface area contributed by atoms with Crippen molar-refractivity contribution < 1.29 is 14.6 Å². The predicted octanol–water partition coefficient (Wildman–Crippen LogP) is 5.80. The topological polar surface area (TPSA) is 49.8 Å². The van der Waals surface area contributed by atoms with Gasteiger partial charge < -0.3 is 9.84 Å². The molecule has 3 aromatic carbocycles. The SMILES string of the molecule is O=C1c2ccccc2C(OC[C@H]2C=C[C@@H](O)C2)(c2ccc(Cl)cc2)N1Cc1ccc(Cl)cc1. The zero-order chi connectivity index (χ0) is 23.0. The summed E-state index contributed by atoms with van der Waals surface area (Å²) in [5.41, 5.74) is 2.05. The number of carbonyl (C=O) groups excluding carboxylic acids is 1. The van der Waals surface area contributed by atoms with E-state index >= 15 is 0 Å². The second-order valence-electron chi connectivity index (χ2n) is 8.47. The van der Waals surface area contributed by atoms with Gasteiger partial charge in [0.2, 0.25) is 0 Å². The van der Waals surface area contributed by atoms with Gasteiger partial charge in [-0.2, -0.15) is 0 Å². The minimum Gasteiger partial charge on any atom is -0.389 e. The number of nitrogens with zero attached hydrogens (tertiary/aromatic N) is 1. The van der Waals surface area contributed by atoms with Gasteiger partial charge in [0.05, 0.1) is 12.7 Å². The number of fused-ring (bicyclic) bond motifs is 1. The number of hydrogen-bond donors (Lipinski definition) is 1. The maximum atomic E-state index is 13.7. The summed E-state index contributed by atoms with van der Waals surface area (Å²) in [6, 6.07) is 22.5. The molecule has 0 bridgehead atoms. The number of hydrogen-bond acceptors (Lipinski definition) is 3. The Morgan fingerprint density at radius 1 is 0.939 bits per heavy atom. The number of carbonyl (C=O) groups is 1. The first-order valence-electron chi connectivity index (χ1n) is 10.9. The molecule has 1 unspecified atom stereocenters. The molecule has 0 spiro atoms. The Labute approximate surface area is 203 Å². The van der Waals surface area contributed by atoms with E-state index in [1.54, 1.807) is 11.0 Å². The molecule has 1 aliphatic heterocycles. The van der Waals surface area contributed by atoms with E-state index in [2.05, 4.69) is 0 Å². The van der Waals surface area contributed by atoms with Crippen LogP contribution in [0.25, 0.3) is 0 Å². The van der Waals surface area contributed by atoms with Gasteiger partial charge in [-0.25, -0.2) is 0 Å². The molecule has 3 atom stereocenters. The maximum absolute atomic E-state index is 13.7. The molecular weight excluding hydrogens is 457 g/mol. The highest BCUT2D eigenvalue weighted by atomic mass is 35.5. The zero-order valence-corrected chi connectivity index (χ0v) is 19.3. The number of halogens is 2. The van der Waals surface area contributed by atoms with Gasteiger partial charge in [0.1, 0.15) is 0 Å². The summed E-state index contributed by atoms with van der Waals surface area (Å²) in [5.74, 6) is -0.0399. The third-order valence-electron chi connectivity index (χ3n) is 6.29. The van der Waals surface area contributed by atoms with Crippen molar-refractivity contribution in [2.75, 3.05) is 6.61 Å². The summed E-state index contributed by atoms with van der Waals surface area (Å²) < 4.78 is 6.73. The molecule has 4 nitrogen and oxygen atoms in total. The van der Waals surface area contributed by atoms with Crippen molar-refractivity contribution in [3.05, 3.63) is 117 Å². The maximum Gasteiger partial charge on any atom is 0.257 e. The molecule has 33 heavy (non-hydrogen) atoms. The fourth-order valence-corrected chi connectivity index (χ4v) is 4.94. The summed E-state index contributed by atoms with van der Waals surface area (Å²) in [4.78, 5) is 15.5. The number of aliphatic hydroxyl groups excluding tert-OH is 1. The molecule has 0 radical (unpaired) electrons. The monoisotopic (exact) mass is 479 g/mol. The second kappa shape index (κ2) is 8.96. The number of ether oxygens (including phenoxy) is 1. The lowest BCUT2D eigenvalue weighted by atomic mass is 9.93. The van der Waals surface area contributed by atoms with Gasteiger partial charge in [0.25, 0.3) is 5.91 Å². The summed E-state index contributed by atoms with van der Waals surface area (Å²) in [7, 11) is 0. The van der Waals surface area contributed by atoms with Crippen LogP contribution in [0.1, 0.15) is 33.5 Å². The van der Waals surface area contributed by atoms with E-state index in [1.807, 2.05) is 78.9 Å². The predicted molar refractivity (Wildman–Crippen MR) is 129 cm³/mol. The minimum atomic E-state index is -1.13. The van der Waals surface area contributed by atoms with Crippen LogP contribution < -0.4 is 0 Å². The van der Waals surface area contributed by atoms with Gasteiger partial charge in [-0.3, -0.25) is 9.69 Å². The van der Waals surface area contributed by atoms with Crippen LogP contribution in [0.4, 0.5) is 0 Å². The summed E-state index contributed by atoms with van der Waals surface area (Å²) in [6.45, 7) is 0.700. The van der Waals surface area contributed by atoms with Gasteiger partial charge in [-0.05, 0) is 42.3 Å². The Hall–Kier alpha value is -2.63. The average molecular weight is 480 g/mol. The van der Waals surface area contributed by atoms with Crippen LogP contribution in [-0.4, -0.2) is 28.6 Å². The van der Waals surface area contributed by atoms with E-state index in [9.17, 15) is 9.90 Å². The van der Waals surface area contributed by atoms with Crippen LogP contribution in [0.5, 0.6) is 0 Å². The van der Waals surface area contributed by atoms with E-state index in [4.69, 9.17) is 27.9 Å². The molecule has 3 aromatic rings. The highest BCUT2D eigenvalue weighted by molar-refractivity contribution is 6.30. The van der Waals surface area contributed by atoms with E-state index in [1.165, 1.54) is 0 Å². The van der Waals surface area contributed by atoms with Gasteiger partial charge in [-0.1, -0.05) is 77.8 Å². The quantitative estimate of drug-likeness (QED) is 0.454. The standard InChI is InChI=1S/C27H23Cl2NO3/c28-21-10-5-18(6-11-21)16-30-26(32)24-3-1-2-4-25(24)27(30,20-8-12-22(29)13-9-20)33-17-19-7-14-23(31)15-19/h1-14,19,23,31H,15-17H2/t19-,23+,27?/m0/s1. The van der Waals surface area contributed by atoms with Crippen molar-refractivity contribution in [3.63, 3.8) is 0 Å². The van der Waals surface area contributed by atoms with Gasteiger partial charge >= 0.3 is 0 Å². The Morgan fingerprint density at radius 3 is 2.27 bits per heavy atom. The molecule has 1 heterocycles. The smallest absolute Gasteiger partial charge is 0.257 e. The molecule has 0 aromatic heterocycles. The first kappa shape index (κ1) is 22.2. The molecule has 0 saturated carbocycles. The van der Waals surface area contributed by atoms with Crippen LogP contribution in [-0.2, 0) is 17.0 Å². The van der Waals surface area contributed by atoms with E-state index < -0.39 is 11.8 Å². The molecule has 0 fully saturated rings. The minimum absolute atomic E-state index is 0.0596. The summed E-state index contributed by atoms with van der Waals surface area (Å²) >= 11 is 12.3. The number of aliphatic hydroxyl groups is 1. The van der Waals surface area contributed by atoms with E-state index in [0.717, 1.165) is 16.7 Å². The molecule has 6 heteroatoms. The molecule has 5 rings (SSSR count). The van der Waals surface area contributed by atoms with Crippen LogP contribution in [0.15, 0.2) is 84.9 Å². The Bertz CT molecular complexity index is 1190. The highest BCUT2D eigenvalue weighted by Crippen LogP contribution is 2.47. The van der Waals surface area contributed by atoms with Crippen molar-refractivity contribution in [3.8, 4) is 0 Å². The van der Waals surface area contributed by atoms with Crippen molar-refractivity contribution in [2.24, 2.45) is 5.92 Å². The first-order valence-corrected chi connectivity index (χ1v) is 11.7. The fraction of sp³-hybridized carbons (Fsp3) is 0.222. The number of rotatable bonds is 6. The van der Waals surface area contributed by atoms with Crippen LogP contribution in [0, 0.1) is 5.92 Å². The lowest BCUT2D eigenvalue weighted by Crippen LogP contribution is -2.47. The lowest BCUT2D eigenvalue weighted by molar-refractivity contribution is -0.119. The van der Waals surface area contributed by atoms with Gasteiger partial charge in [0, 0.05) is 39.2 Å². The third kappa shape index (κ3) is 4.09. The Kier molecular flexibility index (Phi) is 6.02. The number of benzene rings is 3. The first-order chi connectivity index (χ1) is 16.0. The summed E-state index contributed by atoms with van der Waals surface area (Å²) in [6.07, 6.45) is 3.91. The Balaban J connectivity index is 1.62. The van der Waals surface area contributed by atoms with Crippen molar-refractivity contribution in [1.82, 2.24) is 4.90 Å². The van der Waals surface area contributed by atoms with E-state index in [-0.39, 0.29) is 11.8 Å². The molecular formula is C27H23Cl2NO3. The molecule has 1 N–H and O–H groups in total. The average Bonchev–Trinajstić information content (AvgIpc) is 3.34. The molecule has 1 amide bonds. The van der Waals surface area contributed by atoms with Crippen LogP contribution in [0.3, 0.4) is 0 Å². The molecule has 0 saturated heterocycles. The van der Waals surface area contributed by atoms with Gasteiger partial charge in [-0.15, -0.1) is 0 Å². The van der Waals surface area contributed by atoms with Crippen molar-refractivity contribution >= 4 is 29.1 Å². The lowest BCUT2D eigenvalue weighted by Gasteiger charge is -2.40. The summed E-state index contributed by atoms with van der Waals surface area (Å²) in [5, 5.41) is 11.2. The van der Waals surface area contributed by atoms with Crippen molar-refractivity contribution in [2.45, 2.75) is 24.8 Å².